The lowest BCUT2D eigenvalue weighted by molar-refractivity contribution is 0.0250. The first-order valence-corrected chi connectivity index (χ1v) is 6.38. The van der Waals surface area contributed by atoms with Gasteiger partial charge in [-0.25, -0.2) is 0 Å². The SMILES string of the molecule is COc1ccc(C(C)N)c(OC2CCOCC2)c1. The highest BCUT2D eigenvalue weighted by Gasteiger charge is 2.18. The Balaban J connectivity index is 2.17. The third kappa shape index (κ3) is 3.15. The molecule has 100 valence electrons. The van der Waals surface area contributed by atoms with E-state index in [-0.39, 0.29) is 12.1 Å². The molecule has 1 aromatic rings. The van der Waals surface area contributed by atoms with E-state index in [0.717, 1.165) is 43.1 Å². The molecule has 18 heavy (non-hydrogen) atoms. The van der Waals surface area contributed by atoms with E-state index < -0.39 is 0 Å². The van der Waals surface area contributed by atoms with Gasteiger partial charge in [0.15, 0.2) is 0 Å². The highest BCUT2D eigenvalue weighted by atomic mass is 16.5. The largest absolute Gasteiger partial charge is 0.497 e. The van der Waals surface area contributed by atoms with Gasteiger partial charge in [0, 0.05) is 30.5 Å². The van der Waals surface area contributed by atoms with Gasteiger partial charge in [-0.05, 0) is 13.0 Å². The fourth-order valence-electron chi connectivity index (χ4n) is 2.09. The fraction of sp³-hybridized carbons (Fsp3) is 0.571. The molecule has 0 radical (unpaired) electrons. The summed E-state index contributed by atoms with van der Waals surface area (Å²) in [5, 5.41) is 0. The Morgan fingerprint density at radius 3 is 2.67 bits per heavy atom. The van der Waals surface area contributed by atoms with Crippen LogP contribution in [0, 0.1) is 0 Å². The van der Waals surface area contributed by atoms with Crippen molar-refractivity contribution >= 4 is 0 Å². The van der Waals surface area contributed by atoms with E-state index in [2.05, 4.69) is 0 Å². The summed E-state index contributed by atoms with van der Waals surface area (Å²) >= 11 is 0. The zero-order valence-corrected chi connectivity index (χ0v) is 11.0. The van der Waals surface area contributed by atoms with E-state index in [4.69, 9.17) is 19.9 Å². The Hall–Kier alpha value is -1.26. The second-order valence-electron chi connectivity index (χ2n) is 4.62. The average molecular weight is 251 g/mol. The lowest BCUT2D eigenvalue weighted by atomic mass is 10.1. The van der Waals surface area contributed by atoms with Crippen LogP contribution in [0.5, 0.6) is 11.5 Å². The third-order valence-electron chi connectivity index (χ3n) is 3.17. The second kappa shape index (κ2) is 6.07. The maximum atomic E-state index is 6.05. The average Bonchev–Trinajstić information content (AvgIpc) is 2.39. The van der Waals surface area contributed by atoms with Crippen LogP contribution in [0.3, 0.4) is 0 Å². The molecule has 1 aliphatic rings. The van der Waals surface area contributed by atoms with E-state index in [0.29, 0.717) is 0 Å². The zero-order chi connectivity index (χ0) is 13.0. The third-order valence-corrected chi connectivity index (χ3v) is 3.17. The summed E-state index contributed by atoms with van der Waals surface area (Å²) in [6.45, 7) is 3.49. The summed E-state index contributed by atoms with van der Waals surface area (Å²) in [6, 6.07) is 5.74. The summed E-state index contributed by atoms with van der Waals surface area (Å²) < 4.78 is 16.6. The summed E-state index contributed by atoms with van der Waals surface area (Å²) in [6.07, 6.45) is 2.06. The van der Waals surface area contributed by atoms with Gasteiger partial charge in [-0.15, -0.1) is 0 Å². The molecule has 1 aliphatic heterocycles. The maximum absolute atomic E-state index is 6.05. The molecule has 1 atom stereocenters. The molecule has 1 heterocycles. The van der Waals surface area contributed by atoms with Gasteiger partial charge >= 0.3 is 0 Å². The minimum Gasteiger partial charge on any atom is -0.497 e. The van der Waals surface area contributed by atoms with E-state index >= 15 is 0 Å². The van der Waals surface area contributed by atoms with Crippen molar-refractivity contribution in [1.82, 2.24) is 0 Å². The van der Waals surface area contributed by atoms with Crippen LogP contribution in [-0.2, 0) is 4.74 Å². The van der Waals surface area contributed by atoms with Crippen LogP contribution in [0.4, 0.5) is 0 Å². The van der Waals surface area contributed by atoms with Crippen molar-refractivity contribution in [2.45, 2.75) is 31.9 Å². The molecule has 1 aromatic carbocycles. The van der Waals surface area contributed by atoms with Gasteiger partial charge < -0.3 is 19.9 Å². The minimum absolute atomic E-state index is 0.0502. The summed E-state index contributed by atoms with van der Waals surface area (Å²) in [7, 11) is 1.65. The number of ether oxygens (including phenoxy) is 3. The molecule has 0 aromatic heterocycles. The second-order valence-corrected chi connectivity index (χ2v) is 4.62. The van der Waals surface area contributed by atoms with Gasteiger partial charge in [-0.2, -0.15) is 0 Å². The number of hydrogen-bond donors (Lipinski definition) is 1. The molecule has 1 saturated heterocycles. The molecular formula is C14H21NO3. The van der Waals surface area contributed by atoms with Gasteiger partial charge in [0.05, 0.1) is 20.3 Å². The predicted octanol–water partition coefficient (Wildman–Crippen LogP) is 2.27. The molecule has 1 unspecified atom stereocenters. The van der Waals surface area contributed by atoms with Crippen molar-refractivity contribution in [3.63, 3.8) is 0 Å². The van der Waals surface area contributed by atoms with Crippen molar-refractivity contribution in [3.05, 3.63) is 23.8 Å². The van der Waals surface area contributed by atoms with Gasteiger partial charge in [0.2, 0.25) is 0 Å². The van der Waals surface area contributed by atoms with Gasteiger partial charge in [-0.1, -0.05) is 6.07 Å². The normalized spacial score (nSPS) is 18.4. The predicted molar refractivity (Wildman–Crippen MR) is 70.1 cm³/mol. The van der Waals surface area contributed by atoms with Crippen molar-refractivity contribution in [1.29, 1.82) is 0 Å². The Kier molecular flexibility index (Phi) is 4.44. The molecule has 0 bridgehead atoms. The van der Waals surface area contributed by atoms with Crippen LogP contribution < -0.4 is 15.2 Å². The highest BCUT2D eigenvalue weighted by Crippen LogP contribution is 2.30. The number of benzene rings is 1. The van der Waals surface area contributed by atoms with Gasteiger partial charge in [-0.3, -0.25) is 0 Å². The summed E-state index contributed by atoms with van der Waals surface area (Å²) in [4.78, 5) is 0. The highest BCUT2D eigenvalue weighted by molar-refractivity contribution is 5.42. The first kappa shape index (κ1) is 13.2. The Labute approximate surface area is 108 Å². The summed E-state index contributed by atoms with van der Waals surface area (Å²) in [5.41, 5.74) is 6.98. The lowest BCUT2D eigenvalue weighted by Crippen LogP contribution is -2.26. The van der Waals surface area contributed by atoms with Crippen LogP contribution in [0.25, 0.3) is 0 Å². The van der Waals surface area contributed by atoms with Crippen molar-refractivity contribution in [2.75, 3.05) is 20.3 Å². The molecule has 4 nitrogen and oxygen atoms in total. The first-order valence-electron chi connectivity index (χ1n) is 6.38. The molecule has 0 spiro atoms. The smallest absolute Gasteiger partial charge is 0.128 e. The van der Waals surface area contributed by atoms with E-state index in [1.807, 2.05) is 25.1 Å². The summed E-state index contributed by atoms with van der Waals surface area (Å²) in [5.74, 6) is 1.62. The molecule has 0 amide bonds. The first-order chi connectivity index (χ1) is 8.70. The fourth-order valence-corrected chi connectivity index (χ4v) is 2.09. The van der Waals surface area contributed by atoms with Crippen LogP contribution >= 0.6 is 0 Å². The number of methoxy groups -OCH3 is 1. The number of hydrogen-bond acceptors (Lipinski definition) is 4. The maximum Gasteiger partial charge on any atom is 0.128 e. The van der Waals surface area contributed by atoms with Crippen molar-refractivity contribution in [2.24, 2.45) is 5.73 Å². The minimum atomic E-state index is -0.0502. The van der Waals surface area contributed by atoms with Gasteiger partial charge in [0.25, 0.3) is 0 Å². The Morgan fingerprint density at radius 1 is 1.33 bits per heavy atom. The molecule has 2 N–H and O–H groups in total. The standard InChI is InChI=1S/C14H21NO3/c1-10(15)13-4-3-12(16-2)9-14(13)18-11-5-7-17-8-6-11/h3-4,9-11H,5-8,15H2,1-2H3. The topological polar surface area (TPSA) is 53.7 Å². The molecular weight excluding hydrogens is 230 g/mol. The molecule has 0 saturated carbocycles. The van der Waals surface area contributed by atoms with Crippen LogP contribution in [0.15, 0.2) is 18.2 Å². The van der Waals surface area contributed by atoms with E-state index in [1.165, 1.54) is 0 Å². The van der Waals surface area contributed by atoms with Crippen LogP contribution in [0.1, 0.15) is 31.4 Å². The number of rotatable bonds is 4. The number of nitrogens with two attached hydrogens (primary N) is 1. The Bertz CT molecular complexity index is 387. The molecule has 0 aliphatic carbocycles. The van der Waals surface area contributed by atoms with Crippen LogP contribution in [-0.4, -0.2) is 26.4 Å². The van der Waals surface area contributed by atoms with E-state index in [1.54, 1.807) is 7.11 Å². The zero-order valence-electron chi connectivity index (χ0n) is 11.0. The van der Waals surface area contributed by atoms with Gasteiger partial charge in [0.1, 0.15) is 17.6 Å². The lowest BCUT2D eigenvalue weighted by Gasteiger charge is -2.25. The van der Waals surface area contributed by atoms with E-state index in [9.17, 15) is 0 Å². The molecule has 2 rings (SSSR count). The Morgan fingerprint density at radius 2 is 2.06 bits per heavy atom. The van der Waals surface area contributed by atoms with Crippen molar-refractivity contribution < 1.29 is 14.2 Å². The van der Waals surface area contributed by atoms with Crippen molar-refractivity contribution in [3.8, 4) is 11.5 Å². The molecule has 4 heteroatoms. The molecule has 1 fully saturated rings. The monoisotopic (exact) mass is 251 g/mol. The quantitative estimate of drug-likeness (QED) is 0.892. The van der Waals surface area contributed by atoms with Crippen LogP contribution in [0.2, 0.25) is 0 Å².